The van der Waals surface area contributed by atoms with Crippen molar-refractivity contribution < 1.29 is 9.18 Å². The number of halogens is 2. The molecule has 0 aliphatic heterocycles. The van der Waals surface area contributed by atoms with Crippen molar-refractivity contribution in [1.29, 1.82) is 0 Å². The largest absolute Gasteiger partial charge is 0.330 e. The summed E-state index contributed by atoms with van der Waals surface area (Å²) in [6.07, 6.45) is 0.926. The minimum Gasteiger partial charge on any atom is -0.330 e. The first-order valence-electron chi connectivity index (χ1n) is 6.37. The Hall–Kier alpha value is -1.52. The van der Waals surface area contributed by atoms with Gasteiger partial charge in [0.1, 0.15) is 5.82 Å². The monoisotopic (exact) mass is 335 g/mol. The second-order valence-corrected chi connectivity index (χ2v) is 5.40. The highest BCUT2D eigenvalue weighted by molar-refractivity contribution is 9.10. The van der Waals surface area contributed by atoms with Gasteiger partial charge in [0.15, 0.2) is 5.78 Å². The molecule has 0 unspecified atom stereocenters. The van der Waals surface area contributed by atoms with Gasteiger partial charge in [-0.15, -0.1) is 0 Å². The highest BCUT2D eigenvalue weighted by Gasteiger charge is 2.12. The Morgan fingerprint density at radius 3 is 2.65 bits per heavy atom. The molecule has 2 rings (SSSR count). The zero-order valence-electron chi connectivity index (χ0n) is 10.9. The molecule has 2 nitrogen and oxygen atoms in total. The van der Waals surface area contributed by atoms with Crippen molar-refractivity contribution in [3.63, 3.8) is 0 Å². The van der Waals surface area contributed by atoms with Crippen LogP contribution in [-0.2, 0) is 12.8 Å². The molecule has 0 aromatic heterocycles. The maximum absolute atomic E-state index is 13.2. The van der Waals surface area contributed by atoms with Gasteiger partial charge in [-0.2, -0.15) is 0 Å². The van der Waals surface area contributed by atoms with Gasteiger partial charge in [-0.1, -0.05) is 30.3 Å². The van der Waals surface area contributed by atoms with E-state index in [1.807, 2.05) is 24.3 Å². The second kappa shape index (κ2) is 6.77. The van der Waals surface area contributed by atoms with Crippen molar-refractivity contribution >= 4 is 21.7 Å². The first-order chi connectivity index (χ1) is 9.61. The summed E-state index contributed by atoms with van der Waals surface area (Å²) in [6, 6.07) is 12.1. The lowest BCUT2D eigenvalue weighted by Gasteiger charge is -2.08. The van der Waals surface area contributed by atoms with Crippen LogP contribution >= 0.6 is 15.9 Å². The van der Waals surface area contributed by atoms with Crippen molar-refractivity contribution in [3.05, 3.63) is 69.4 Å². The summed E-state index contributed by atoms with van der Waals surface area (Å²) in [7, 11) is 0. The SMILES string of the molecule is NCCc1ccccc1C(=O)Cc1ccc(F)c(Br)c1. The Bertz CT molecular complexity index is 628. The maximum Gasteiger partial charge on any atom is 0.167 e. The predicted molar refractivity (Wildman–Crippen MR) is 81.3 cm³/mol. The van der Waals surface area contributed by atoms with Gasteiger partial charge < -0.3 is 5.73 Å². The number of Topliss-reactive ketones (excluding diaryl/α,β-unsaturated/α-hetero) is 1. The van der Waals surface area contributed by atoms with Crippen LogP contribution in [0.3, 0.4) is 0 Å². The number of benzene rings is 2. The Morgan fingerprint density at radius 1 is 1.20 bits per heavy atom. The van der Waals surface area contributed by atoms with Gasteiger partial charge in [0.25, 0.3) is 0 Å². The van der Waals surface area contributed by atoms with E-state index in [-0.39, 0.29) is 18.0 Å². The van der Waals surface area contributed by atoms with Crippen LogP contribution in [0.2, 0.25) is 0 Å². The molecule has 0 saturated heterocycles. The molecule has 104 valence electrons. The van der Waals surface area contributed by atoms with E-state index in [1.165, 1.54) is 6.07 Å². The van der Waals surface area contributed by atoms with Gasteiger partial charge in [-0.25, -0.2) is 4.39 Å². The van der Waals surface area contributed by atoms with E-state index in [4.69, 9.17) is 5.73 Å². The number of carbonyl (C=O) groups is 1. The lowest BCUT2D eigenvalue weighted by Crippen LogP contribution is -2.10. The Morgan fingerprint density at radius 2 is 1.95 bits per heavy atom. The summed E-state index contributed by atoms with van der Waals surface area (Å²) < 4.78 is 13.6. The van der Waals surface area contributed by atoms with Crippen LogP contribution in [0, 0.1) is 5.82 Å². The van der Waals surface area contributed by atoms with Crippen LogP contribution in [-0.4, -0.2) is 12.3 Å². The summed E-state index contributed by atoms with van der Waals surface area (Å²) in [4.78, 5) is 12.4. The van der Waals surface area contributed by atoms with Crippen molar-refractivity contribution in [3.8, 4) is 0 Å². The van der Waals surface area contributed by atoms with Crippen LogP contribution in [0.1, 0.15) is 21.5 Å². The average Bonchev–Trinajstić information content (AvgIpc) is 2.44. The number of carbonyl (C=O) groups excluding carboxylic acids is 1. The Balaban J connectivity index is 2.21. The molecule has 2 N–H and O–H groups in total. The average molecular weight is 336 g/mol. The summed E-state index contributed by atoms with van der Waals surface area (Å²) in [6.45, 7) is 0.506. The lowest BCUT2D eigenvalue weighted by atomic mass is 9.97. The number of nitrogens with two attached hydrogens (primary N) is 1. The molecule has 0 aliphatic rings. The van der Waals surface area contributed by atoms with E-state index in [0.717, 1.165) is 11.1 Å². The van der Waals surface area contributed by atoms with E-state index in [1.54, 1.807) is 12.1 Å². The minimum absolute atomic E-state index is 0.0209. The van der Waals surface area contributed by atoms with E-state index in [2.05, 4.69) is 15.9 Å². The lowest BCUT2D eigenvalue weighted by molar-refractivity contribution is 0.0992. The highest BCUT2D eigenvalue weighted by atomic mass is 79.9. The molecule has 0 atom stereocenters. The van der Waals surface area contributed by atoms with E-state index in [9.17, 15) is 9.18 Å². The van der Waals surface area contributed by atoms with Crippen LogP contribution in [0.15, 0.2) is 46.9 Å². The van der Waals surface area contributed by atoms with Crippen LogP contribution in [0.5, 0.6) is 0 Å². The third-order valence-corrected chi connectivity index (χ3v) is 3.69. The van der Waals surface area contributed by atoms with Crippen molar-refractivity contribution in [1.82, 2.24) is 0 Å². The van der Waals surface area contributed by atoms with Crippen molar-refractivity contribution in [2.75, 3.05) is 6.54 Å². The molecule has 0 amide bonds. The van der Waals surface area contributed by atoms with E-state index >= 15 is 0 Å². The van der Waals surface area contributed by atoms with Gasteiger partial charge in [0.2, 0.25) is 0 Å². The van der Waals surface area contributed by atoms with E-state index in [0.29, 0.717) is 23.0 Å². The fraction of sp³-hybridized carbons (Fsp3) is 0.188. The molecule has 0 saturated carbocycles. The van der Waals surface area contributed by atoms with Crippen LogP contribution in [0.4, 0.5) is 4.39 Å². The predicted octanol–water partition coefficient (Wildman–Crippen LogP) is 3.51. The quantitative estimate of drug-likeness (QED) is 0.849. The molecule has 0 aliphatic carbocycles. The first kappa shape index (κ1) is 14.9. The Kier molecular flexibility index (Phi) is 5.04. The van der Waals surface area contributed by atoms with Gasteiger partial charge in [-0.05, 0) is 52.2 Å². The summed E-state index contributed by atoms with van der Waals surface area (Å²) in [5.74, 6) is -0.308. The summed E-state index contributed by atoms with van der Waals surface area (Å²) >= 11 is 3.13. The minimum atomic E-state index is -0.329. The third-order valence-electron chi connectivity index (χ3n) is 3.08. The molecular weight excluding hydrogens is 321 g/mol. The zero-order chi connectivity index (χ0) is 14.5. The maximum atomic E-state index is 13.2. The second-order valence-electron chi connectivity index (χ2n) is 4.54. The number of ketones is 1. The molecule has 0 fully saturated rings. The highest BCUT2D eigenvalue weighted by Crippen LogP contribution is 2.19. The van der Waals surface area contributed by atoms with Gasteiger partial charge in [-0.3, -0.25) is 4.79 Å². The zero-order valence-corrected chi connectivity index (χ0v) is 12.5. The number of hydrogen-bond donors (Lipinski definition) is 1. The fourth-order valence-corrected chi connectivity index (χ4v) is 2.52. The first-order valence-corrected chi connectivity index (χ1v) is 7.16. The molecule has 0 spiro atoms. The molecular formula is C16H15BrFNO. The van der Waals surface area contributed by atoms with Crippen LogP contribution < -0.4 is 5.73 Å². The van der Waals surface area contributed by atoms with Gasteiger partial charge in [0.05, 0.1) is 4.47 Å². The summed E-state index contributed by atoms with van der Waals surface area (Å²) in [5.41, 5.74) is 8.00. The molecule has 0 bridgehead atoms. The molecule has 4 heteroatoms. The molecule has 2 aromatic carbocycles. The van der Waals surface area contributed by atoms with Crippen molar-refractivity contribution in [2.45, 2.75) is 12.8 Å². The fourth-order valence-electron chi connectivity index (χ4n) is 2.10. The molecule has 20 heavy (non-hydrogen) atoms. The number of hydrogen-bond acceptors (Lipinski definition) is 2. The van der Waals surface area contributed by atoms with Crippen LogP contribution in [0.25, 0.3) is 0 Å². The molecule has 2 aromatic rings. The summed E-state index contributed by atoms with van der Waals surface area (Å²) in [5, 5.41) is 0. The van der Waals surface area contributed by atoms with E-state index < -0.39 is 0 Å². The smallest absolute Gasteiger partial charge is 0.167 e. The number of rotatable bonds is 5. The van der Waals surface area contributed by atoms with Gasteiger partial charge >= 0.3 is 0 Å². The van der Waals surface area contributed by atoms with Gasteiger partial charge in [0, 0.05) is 12.0 Å². The topological polar surface area (TPSA) is 43.1 Å². The Labute approximate surface area is 125 Å². The third kappa shape index (κ3) is 3.52. The molecule has 0 radical (unpaired) electrons. The normalized spacial score (nSPS) is 10.6. The standard InChI is InChI=1S/C16H15BrFNO/c17-14-9-11(5-6-15(14)18)10-16(20)13-4-2-1-3-12(13)7-8-19/h1-6,9H,7-8,10,19H2. The van der Waals surface area contributed by atoms with Crippen molar-refractivity contribution in [2.24, 2.45) is 5.73 Å². The molecule has 0 heterocycles.